The van der Waals surface area contributed by atoms with E-state index in [9.17, 15) is 4.79 Å². The zero-order chi connectivity index (χ0) is 16.2. The van der Waals surface area contributed by atoms with Crippen LogP contribution < -0.4 is 10.6 Å². The van der Waals surface area contributed by atoms with Crippen LogP contribution in [-0.2, 0) is 11.3 Å². The molecule has 1 aromatic carbocycles. The van der Waals surface area contributed by atoms with Crippen LogP contribution in [0.15, 0.2) is 47.1 Å². The van der Waals surface area contributed by atoms with Crippen molar-refractivity contribution in [3.05, 3.63) is 59.5 Å². The third kappa shape index (κ3) is 4.02. The Morgan fingerprint density at radius 1 is 1.30 bits per heavy atom. The van der Waals surface area contributed by atoms with Crippen molar-refractivity contribution < 1.29 is 9.21 Å². The van der Waals surface area contributed by atoms with Gasteiger partial charge in [-0.15, -0.1) is 0 Å². The maximum absolute atomic E-state index is 12.1. The van der Waals surface area contributed by atoms with Crippen molar-refractivity contribution in [3.8, 4) is 0 Å². The van der Waals surface area contributed by atoms with Crippen LogP contribution in [0.1, 0.15) is 42.6 Å². The average molecular weight is 312 g/mol. The first-order chi connectivity index (χ1) is 11.1. The molecular weight excluding hydrogens is 288 g/mol. The van der Waals surface area contributed by atoms with Crippen LogP contribution in [0.4, 0.5) is 0 Å². The van der Waals surface area contributed by atoms with Gasteiger partial charge in [0.15, 0.2) is 0 Å². The SMILES string of the molecule is Cc1cccc(C2CC(NC(C)C(=O)NCc3ccco3)C2)c1. The van der Waals surface area contributed by atoms with E-state index in [2.05, 4.69) is 41.8 Å². The first-order valence-electron chi connectivity index (χ1n) is 8.24. The molecule has 0 spiro atoms. The van der Waals surface area contributed by atoms with Gasteiger partial charge in [-0.3, -0.25) is 4.79 Å². The molecule has 2 N–H and O–H groups in total. The number of hydrogen-bond donors (Lipinski definition) is 2. The predicted molar refractivity (Wildman–Crippen MR) is 90.1 cm³/mol. The van der Waals surface area contributed by atoms with Gasteiger partial charge in [-0.2, -0.15) is 0 Å². The number of carbonyl (C=O) groups excluding carboxylic acids is 1. The van der Waals surface area contributed by atoms with Crippen molar-refractivity contribution in [2.24, 2.45) is 0 Å². The quantitative estimate of drug-likeness (QED) is 0.861. The Hall–Kier alpha value is -2.07. The van der Waals surface area contributed by atoms with E-state index in [1.807, 2.05) is 19.1 Å². The van der Waals surface area contributed by atoms with Gasteiger partial charge in [0.05, 0.1) is 18.8 Å². The Kier molecular flexibility index (Phi) is 4.82. The van der Waals surface area contributed by atoms with Gasteiger partial charge in [0.1, 0.15) is 5.76 Å². The lowest BCUT2D eigenvalue weighted by molar-refractivity contribution is -0.123. The van der Waals surface area contributed by atoms with Crippen LogP contribution >= 0.6 is 0 Å². The maximum atomic E-state index is 12.1. The molecule has 1 aromatic heterocycles. The molecule has 0 aliphatic heterocycles. The second-order valence-electron chi connectivity index (χ2n) is 6.46. The van der Waals surface area contributed by atoms with E-state index in [0.717, 1.165) is 18.6 Å². The Bertz CT molecular complexity index is 645. The number of carbonyl (C=O) groups is 1. The molecule has 3 rings (SSSR count). The molecule has 1 fully saturated rings. The van der Waals surface area contributed by atoms with Gasteiger partial charge in [0.25, 0.3) is 0 Å². The molecule has 122 valence electrons. The van der Waals surface area contributed by atoms with Gasteiger partial charge in [-0.1, -0.05) is 29.8 Å². The molecule has 23 heavy (non-hydrogen) atoms. The number of hydrogen-bond acceptors (Lipinski definition) is 3. The van der Waals surface area contributed by atoms with E-state index >= 15 is 0 Å². The Morgan fingerprint density at radius 3 is 2.83 bits per heavy atom. The van der Waals surface area contributed by atoms with Gasteiger partial charge in [-0.05, 0) is 50.3 Å². The van der Waals surface area contributed by atoms with Crippen LogP contribution in [0.25, 0.3) is 0 Å². The van der Waals surface area contributed by atoms with Crippen molar-refractivity contribution in [2.75, 3.05) is 0 Å². The predicted octanol–water partition coefficient (Wildman–Crippen LogP) is 3.13. The summed E-state index contributed by atoms with van der Waals surface area (Å²) in [5.41, 5.74) is 2.72. The maximum Gasteiger partial charge on any atom is 0.237 e. The van der Waals surface area contributed by atoms with Crippen molar-refractivity contribution in [3.63, 3.8) is 0 Å². The van der Waals surface area contributed by atoms with Crippen LogP contribution in [0.3, 0.4) is 0 Å². The molecule has 0 saturated heterocycles. The molecule has 2 aromatic rings. The average Bonchev–Trinajstić information content (AvgIpc) is 3.01. The number of aryl methyl sites for hydroxylation is 1. The van der Waals surface area contributed by atoms with Gasteiger partial charge in [0.2, 0.25) is 5.91 Å². The highest BCUT2D eigenvalue weighted by atomic mass is 16.3. The zero-order valence-corrected chi connectivity index (χ0v) is 13.7. The summed E-state index contributed by atoms with van der Waals surface area (Å²) in [4.78, 5) is 12.1. The van der Waals surface area contributed by atoms with Crippen molar-refractivity contribution in [1.29, 1.82) is 0 Å². The number of benzene rings is 1. The van der Waals surface area contributed by atoms with Crippen LogP contribution in [-0.4, -0.2) is 18.0 Å². The summed E-state index contributed by atoms with van der Waals surface area (Å²) >= 11 is 0. The lowest BCUT2D eigenvalue weighted by Crippen LogP contribution is -2.50. The minimum atomic E-state index is -0.187. The minimum absolute atomic E-state index is 0.0143. The number of furan rings is 1. The summed E-state index contributed by atoms with van der Waals surface area (Å²) in [6.45, 7) is 4.48. The highest BCUT2D eigenvalue weighted by Crippen LogP contribution is 2.37. The standard InChI is InChI=1S/C19H24N2O2/c1-13-5-3-6-15(9-13)16-10-17(11-16)21-14(2)19(22)20-12-18-7-4-8-23-18/h3-9,14,16-17,21H,10-12H2,1-2H3,(H,20,22). The molecule has 1 amide bonds. The van der Waals surface area contributed by atoms with Crippen LogP contribution in [0.5, 0.6) is 0 Å². The van der Waals surface area contributed by atoms with Crippen molar-refractivity contribution in [2.45, 2.75) is 51.2 Å². The summed E-state index contributed by atoms with van der Waals surface area (Å²) < 4.78 is 5.21. The molecule has 4 nitrogen and oxygen atoms in total. The molecule has 1 saturated carbocycles. The smallest absolute Gasteiger partial charge is 0.237 e. The molecule has 1 atom stereocenters. The third-order valence-corrected chi connectivity index (χ3v) is 4.55. The van der Waals surface area contributed by atoms with Gasteiger partial charge >= 0.3 is 0 Å². The molecule has 0 radical (unpaired) electrons. The van der Waals surface area contributed by atoms with Gasteiger partial charge in [-0.25, -0.2) is 0 Å². The molecular formula is C19H24N2O2. The molecule has 4 heteroatoms. The summed E-state index contributed by atoms with van der Waals surface area (Å²) in [5.74, 6) is 1.40. The van der Waals surface area contributed by atoms with Crippen LogP contribution in [0.2, 0.25) is 0 Å². The monoisotopic (exact) mass is 312 g/mol. The summed E-state index contributed by atoms with van der Waals surface area (Å²) in [5, 5.41) is 6.31. The highest BCUT2D eigenvalue weighted by molar-refractivity contribution is 5.81. The fourth-order valence-corrected chi connectivity index (χ4v) is 3.12. The van der Waals surface area contributed by atoms with E-state index in [1.165, 1.54) is 11.1 Å². The summed E-state index contributed by atoms with van der Waals surface area (Å²) in [6, 6.07) is 12.6. The number of nitrogens with one attached hydrogen (secondary N) is 2. The van der Waals surface area contributed by atoms with Crippen molar-refractivity contribution in [1.82, 2.24) is 10.6 Å². The second-order valence-corrected chi connectivity index (χ2v) is 6.46. The lowest BCUT2D eigenvalue weighted by Gasteiger charge is -2.38. The normalized spacial score (nSPS) is 21.5. The fourth-order valence-electron chi connectivity index (χ4n) is 3.12. The Labute approximate surface area is 137 Å². The summed E-state index contributed by atoms with van der Waals surface area (Å²) in [7, 11) is 0. The third-order valence-electron chi connectivity index (χ3n) is 4.55. The molecule has 1 unspecified atom stereocenters. The first-order valence-corrected chi connectivity index (χ1v) is 8.24. The van der Waals surface area contributed by atoms with E-state index < -0.39 is 0 Å². The first kappa shape index (κ1) is 15.8. The van der Waals surface area contributed by atoms with E-state index in [0.29, 0.717) is 18.5 Å². The highest BCUT2D eigenvalue weighted by Gasteiger charge is 2.32. The minimum Gasteiger partial charge on any atom is -0.467 e. The molecule has 0 bridgehead atoms. The number of rotatable bonds is 6. The topological polar surface area (TPSA) is 54.3 Å². The van der Waals surface area contributed by atoms with Gasteiger partial charge < -0.3 is 15.1 Å². The Balaban J connectivity index is 1.41. The molecule has 1 aliphatic rings. The van der Waals surface area contributed by atoms with Crippen LogP contribution in [0, 0.1) is 6.92 Å². The lowest BCUT2D eigenvalue weighted by atomic mass is 9.75. The Morgan fingerprint density at radius 2 is 2.13 bits per heavy atom. The van der Waals surface area contributed by atoms with E-state index in [4.69, 9.17) is 4.42 Å². The second kappa shape index (κ2) is 7.01. The zero-order valence-electron chi connectivity index (χ0n) is 13.7. The van der Waals surface area contributed by atoms with Gasteiger partial charge in [0, 0.05) is 6.04 Å². The van der Waals surface area contributed by atoms with Crippen molar-refractivity contribution >= 4 is 5.91 Å². The van der Waals surface area contributed by atoms with E-state index in [1.54, 1.807) is 6.26 Å². The van der Waals surface area contributed by atoms with E-state index in [-0.39, 0.29) is 11.9 Å². The fraction of sp³-hybridized carbons (Fsp3) is 0.421. The number of amides is 1. The molecule has 1 aliphatic carbocycles. The summed E-state index contributed by atoms with van der Waals surface area (Å²) in [6.07, 6.45) is 3.81. The largest absolute Gasteiger partial charge is 0.467 e. The molecule has 1 heterocycles.